The fraction of sp³-hybridized carbons (Fsp3) is 0.333. The Labute approximate surface area is 90.1 Å². The first kappa shape index (κ1) is 10.1. The van der Waals surface area contributed by atoms with Crippen LogP contribution in [-0.2, 0) is 0 Å². The lowest BCUT2D eigenvalue weighted by Crippen LogP contribution is -2.25. The number of anilines is 1. The van der Waals surface area contributed by atoms with Gasteiger partial charge in [0.05, 0.1) is 11.7 Å². The Morgan fingerprint density at radius 3 is 3.07 bits per heavy atom. The van der Waals surface area contributed by atoms with Crippen molar-refractivity contribution in [2.75, 3.05) is 25.1 Å². The summed E-state index contributed by atoms with van der Waals surface area (Å²) >= 11 is 0. The van der Waals surface area contributed by atoms with E-state index in [0.717, 1.165) is 18.0 Å². The van der Waals surface area contributed by atoms with Crippen LogP contribution in [0.1, 0.15) is 0 Å². The highest BCUT2D eigenvalue weighted by molar-refractivity contribution is 5.58. The Balaban J connectivity index is 2.31. The molecule has 1 aromatic carbocycles. The van der Waals surface area contributed by atoms with Crippen LogP contribution in [0.25, 0.3) is 0 Å². The van der Waals surface area contributed by atoms with E-state index in [4.69, 9.17) is 10.5 Å². The zero-order valence-electron chi connectivity index (χ0n) is 8.89. The minimum Gasteiger partial charge on any atom is -0.489 e. The molecule has 80 valence electrons. The third-order valence-corrected chi connectivity index (χ3v) is 2.47. The molecule has 0 spiro atoms. The highest BCUT2D eigenvalue weighted by Crippen LogP contribution is 2.27. The maximum absolute atomic E-state index is 5.85. The Kier molecular flexibility index (Phi) is 2.92. The predicted octanol–water partition coefficient (Wildman–Crippen LogP) is 1.40. The topological polar surface area (TPSA) is 38.5 Å². The molecule has 0 amide bonds. The van der Waals surface area contributed by atoms with E-state index in [-0.39, 0.29) is 6.04 Å². The Morgan fingerprint density at radius 2 is 2.20 bits per heavy atom. The number of hydrogen-bond donors (Lipinski definition) is 1. The molecule has 3 heteroatoms. The molecule has 1 atom stereocenters. The van der Waals surface area contributed by atoms with Gasteiger partial charge in [0.1, 0.15) is 12.4 Å². The second-order valence-electron chi connectivity index (χ2n) is 3.75. The smallest absolute Gasteiger partial charge is 0.142 e. The summed E-state index contributed by atoms with van der Waals surface area (Å²) < 4.78 is 5.67. The molecule has 0 saturated heterocycles. The van der Waals surface area contributed by atoms with Gasteiger partial charge in [-0.15, -0.1) is 0 Å². The molecular weight excluding hydrogens is 188 g/mol. The van der Waals surface area contributed by atoms with Crippen LogP contribution in [0.2, 0.25) is 0 Å². The van der Waals surface area contributed by atoms with Crippen LogP contribution < -0.4 is 15.4 Å². The molecule has 2 N–H and O–H groups in total. The molecule has 15 heavy (non-hydrogen) atoms. The summed E-state index contributed by atoms with van der Waals surface area (Å²) in [6, 6.07) is 8.00. The van der Waals surface area contributed by atoms with Crippen LogP contribution >= 0.6 is 0 Å². The van der Waals surface area contributed by atoms with E-state index in [2.05, 4.69) is 17.0 Å². The van der Waals surface area contributed by atoms with Gasteiger partial charge in [-0.05, 0) is 12.1 Å². The lowest BCUT2D eigenvalue weighted by atomic mass is 10.2. The zero-order chi connectivity index (χ0) is 10.7. The largest absolute Gasteiger partial charge is 0.489 e. The van der Waals surface area contributed by atoms with Gasteiger partial charge in [-0.25, -0.2) is 0 Å². The number of rotatable bonds is 0. The molecule has 1 aliphatic heterocycles. The Hall–Kier alpha value is -1.48. The fourth-order valence-corrected chi connectivity index (χ4v) is 1.63. The first-order chi connectivity index (χ1) is 7.27. The monoisotopic (exact) mass is 204 g/mol. The number of nitrogens with two attached hydrogens (primary N) is 1. The Bertz CT molecular complexity index is 362. The predicted molar refractivity (Wildman–Crippen MR) is 62.3 cm³/mol. The third-order valence-electron chi connectivity index (χ3n) is 2.47. The molecule has 0 fully saturated rings. The van der Waals surface area contributed by atoms with Gasteiger partial charge in [-0.3, -0.25) is 0 Å². The molecule has 0 unspecified atom stereocenters. The van der Waals surface area contributed by atoms with Crippen molar-refractivity contribution in [2.24, 2.45) is 5.73 Å². The van der Waals surface area contributed by atoms with Gasteiger partial charge in [-0.2, -0.15) is 0 Å². The summed E-state index contributed by atoms with van der Waals surface area (Å²) in [6.07, 6.45) is 4.07. The number of fused-ring (bicyclic) bond motifs is 1. The van der Waals surface area contributed by atoms with Crippen molar-refractivity contribution in [1.82, 2.24) is 0 Å². The maximum Gasteiger partial charge on any atom is 0.142 e. The van der Waals surface area contributed by atoms with E-state index in [1.54, 1.807) is 0 Å². The number of likely N-dealkylation sites (N-methyl/N-ethyl adjacent to an activating group) is 1. The van der Waals surface area contributed by atoms with Crippen LogP contribution in [0.4, 0.5) is 5.69 Å². The van der Waals surface area contributed by atoms with Crippen molar-refractivity contribution >= 4 is 5.69 Å². The number of para-hydroxylation sites is 2. The van der Waals surface area contributed by atoms with Gasteiger partial charge >= 0.3 is 0 Å². The van der Waals surface area contributed by atoms with Crippen LogP contribution in [0.3, 0.4) is 0 Å². The van der Waals surface area contributed by atoms with E-state index in [0.29, 0.717) is 6.61 Å². The lowest BCUT2D eigenvalue weighted by molar-refractivity contribution is 0.308. The van der Waals surface area contributed by atoms with E-state index >= 15 is 0 Å². The minimum atomic E-state index is -0.0236. The molecule has 1 heterocycles. The summed E-state index contributed by atoms with van der Waals surface area (Å²) in [6.45, 7) is 1.38. The van der Waals surface area contributed by atoms with Crippen LogP contribution in [0, 0.1) is 0 Å². The van der Waals surface area contributed by atoms with Gasteiger partial charge in [-0.1, -0.05) is 24.3 Å². The molecule has 0 aliphatic carbocycles. The van der Waals surface area contributed by atoms with Crippen molar-refractivity contribution < 1.29 is 4.74 Å². The van der Waals surface area contributed by atoms with Gasteiger partial charge in [0.15, 0.2) is 0 Å². The second kappa shape index (κ2) is 4.36. The van der Waals surface area contributed by atoms with E-state index < -0.39 is 0 Å². The number of nitrogens with zero attached hydrogens (tertiary/aromatic N) is 1. The summed E-state index contributed by atoms with van der Waals surface area (Å²) in [7, 11) is 2.05. The quantitative estimate of drug-likeness (QED) is 0.649. The molecule has 2 rings (SSSR count). The highest BCUT2D eigenvalue weighted by atomic mass is 16.5. The van der Waals surface area contributed by atoms with Crippen molar-refractivity contribution in [2.45, 2.75) is 6.04 Å². The van der Waals surface area contributed by atoms with E-state index in [1.807, 2.05) is 31.3 Å². The summed E-state index contributed by atoms with van der Waals surface area (Å²) in [4.78, 5) is 2.14. The highest BCUT2D eigenvalue weighted by Gasteiger charge is 2.10. The molecular formula is C12H16N2O. The minimum absolute atomic E-state index is 0.0236. The van der Waals surface area contributed by atoms with Crippen molar-refractivity contribution in [1.29, 1.82) is 0 Å². The average molecular weight is 204 g/mol. The third kappa shape index (κ3) is 2.30. The fourth-order valence-electron chi connectivity index (χ4n) is 1.63. The number of hydrogen-bond acceptors (Lipinski definition) is 3. The van der Waals surface area contributed by atoms with E-state index in [1.165, 1.54) is 0 Å². The SMILES string of the molecule is CN1CC=C[C@@H](N)COc2ccccc21. The molecule has 0 aromatic heterocycles. The van der Waals surface area contributed by atoms with Crippen LogP contribution in [-0.4, -0.2) is 26.2 Å². The first-order valence-electron chi connectivity index (χ1n) is 5.12. The normalized spacial score (nSPS) is 20.9. The second-order valence-corrected chi connectivity index (χ2v) is 3.75. The van der Waals surface area contributed by atoms with Crippen molar-refractivity contribution in [3.05, 3.63) is 36.4 Å². The first-order valence-corrected chi connectivity index (χ1v) is 5.12. The molecule has 1 aromatic rings. The lowest BCUT2D eigenvalue weighted by Gasteiger charge is -2.19. The summed E-state index contributed by atoms with van der Waals surface area (Å²) in [5, 5.41) is 0. The van der Waals surface area contributed by atoms with Gasteiger partial charge < -0.3 is 15.4 Å². The Morgan fingerprint density at radius 1 is 1.40 bits per heavy atom. The zero-order valence-corrected chi connectivity index (χ0v) is 8.89. The number of ether oxygens (including phenoxy) is 1. The maximum atomic E-state index is 5.85. The van der Waals surface area contributed by atoms with Gasteiger partial charge in [0, 0.05) is 13.6 Å². The van der Waals surface area contributed by atoms with Crippen LogP contribution in [0.15, 0.2) is 36.4 Å². The molecule has 0 bridgehead atoms. The molecule has 3 nitrogen and oxygen atoms in total. The van der Waals surface area contributed by atoms with Crippen molar-refractivity contribution in [3.8, 4) is 5.75 Å². The van der Waals surface area contributed by atoms with Crippen molar-refractivity contribution in [3.63, 3.8) is 0 Å². The molecule has 1 aliphatic rings. The summed E-state index contributed by atoms with van der Waals surface area (Å²) in [5.41, 5.74) is 6.95. The molecule has 0 saturated carbocycles. The van der Waals surface area contributed by atoms with Crippen LogP contribution in [0.5, 0.6) is 5.75 Å². The van der Waals surface area contributed by atoms with E-state index in [9.17, 15) is 0 Å². The molecule has 0 radical (unpaired) electrons. The summed E-state index contributed by atoms with van der Waals surface area (Å²) in [5.74, 6) is 0.902. The van der Waals surface area contributed by atoms with Gasteiger partial charge in [0.2, 0.25) is 0 Å². The number of benzene rings is 1. The van der Waals surface area contributed by atoms with Gasteiger partial charge in [0.25, 0.3) is 0 Å². The standard InChI is InChI=1S/C12H16N2O/c1-14-8-4-5-10(13)9-15-12-7-3-2-6-11(12)14/h2-7,10H,8-9,13H2,1H3/t10-/m1/s1. The average Bonchev–Trinajstić information content (AvgIpc) is 2.32.